The van der Waals surface area contributed by atoms with Crippen LogP contribution >= 0.6 is 0 Å². The fourth-order valence-corrected chi connectivity index (χ4v) is 1.63. The number of hydrogen-bond donors (Lipinski definition) is 1. The molecule has 0 saturated carbocycles. The van der Waals surface area contributed by atoms with Crippen molar-refractivity contribution in [3.05, 3.63) is 47.5 Å². The van der Waals surface area contributed by atoms with Gasteiger partial charge in [-0.15, -0.1) is 0 Å². The minimum absolute atomic E-state index is 0.0978. The lowest BCUT2D eigenvalue weighted by atomic mass is 10.1. The maximum atomic E-state index is 13.1. The van der Waals surface area contributed by atoms with Crippen molar-refractivity contribution >= 4 is 0 Å². The molecule has 1 N–H and O–H groups in total. The van der Waals surface area contributed by atoms with Gasteiger partial charge in [0.1, 0.15) is 23.4 Å². The number of benzene rings is 1. The first kappa shape index (κ1) is 13.6. The summed E-state index contributed by atoms with van der Waals surface area (Å²) >= 11 is 0. The Morgan fingerprint density at radius 2 is 1.84 bits per heavy atom. The van der Waals surface area contributed by atoms with Crippen LogP contribution in [0.3, 0.4) is 0 Å². The Hall–Kier alpha value is -1.82. The lowest BCUT2D eigenvalue weighted by Gasteiger charge is -2.09. The third-order valence-electron chi connectivity index (χ3n) is 2.59. The van der Waals surface area contributed by atoms with Crippen molar-refractivity contribution in [1.82, 2.24) is 0 Å². The summed E-state index contributed by atoms with van der Waals surface area (Å²) in [5.74, 6) is -0.965. The van der Waals surface area contributed by atoms with E-state index in [0.29, 0.717) is 6.07 Å². The predicted molar refractivity (Wildman–Crippen MR) is 59.7 cm³/mol. The molecule has 19 heavy (non-hydrogen) atoms. The zero-order valence-electron chi connectivity index (χ0n) is 9.83. The molecule has 6 heteroatoms. The minimum Gasteiger partial charge on any atom is -0.458 e. The molecule has 0 radical (unpaired) electrons. The van der Waals surface area contributed by atoms with Crippen molar-refractivity contribution in [2.45, 2.75) is 19.2 Å². The Morgan fingerprint density at radius 3 is 2.37 bits per heavy atom. The Balaban J connectivity index is 2.45. The minimum atomic E-state index is -4.76. The molecular weight excluding hydrogens is 264 g/mol. The Morgan fingerprint density at radius 1 is 1.16 bits per heavy atom. The van der Waals surface area contributed by atoms with Gasteiger partial charge >= 0.3 is 6.18 Å². The molecule has 1 aromatic carbocycles. The number of rotatable bonds is 2. The van der Waals surface area contributed by atoms with Crippen LogP contribution in [-0.2, 0) is 6.18 Å². The Bertz CT molecular complexity index is 585. The van der Waals surface area contributed by atoms with Crippen LogP contribution in [-0.4, -0.2) is 5.11 Å². The van der Waals surface area contributed by atoms with Gasteiger partial charge in [0.15, 0.2) is 0 Å². The second-order valence-electron chi connectivity index (χ2n) is 4.07. The lowest BCUT2D eigenvalue weighted by Crippen LogP contribution is -2.08. The van der Waals surface area contributed by atoms with Crippen LogP contribution in [0.1, 0.15) is 24.4 Å². The second kappa shape index (κ2) is 4.70. The second-order valence-corrected chi connectivity index (χ2v) is 4.07. The largest absolute Gasteiger partial charge is 0.458 e. The first-order chi connectivity index (χ1) is 8.79. The van der Waals surface area contributed by atoms with Gasteiger partial charge in [-0.1, -0.05) is 0 Å². The number of halogens is 4. The van der Waals surface area contributed by atoms with E-state index in [9.17, 15) is 22.7 Å². The van der Waals surface area contributed by atoms with Crippen molar-refractivity contribution in [2.75, 3.05) is 0 Å². The van der Waals surface area contributed by atoms with E-state index in [-0.39, 0.29) is 17.1 Å². The van der Waals surface area contributed by atoms with E-state index < -0.39 is 23.7 Å². The van der Waals surface area contributed by atoms with Gasteiger partial charge < -0.3 is 9.52 Å². The van der Waals surface area contributed by atoms with Crippen LogP contribution in [0.4, 0.5) is 17.6 Å². The molecule has 0 aliphatic heterocycles. The summed E-state index contributed by atoms with van der Waals surface area (Å²) < 4.78 is 56.0. The number of aliphatic hydroxyl groups excluding tert-OH is 1. The highest BCUT2D eigenvalue weighted by Crippen LogP contribution is 2.35. The molecule has 0 aliphatic carbocycles. The highest BCUT2D eigenvalue weighted by atomic mass is 19.4. The van der Waals surface area contributed by atoms with Crippen LogP contribution in [0.2, 0.25) is 0 Å². The molecule has 2 nitrogen and oxygen atoms in total. The Labute approximate surface area is 106 Å². The van der Waals surface area contributed by atoms with Crippen molar-refractivity contribution in [1.29, 1.82) is 0 Å². The molecule has 1 aromatic heterocycles. The van der Waals surface area contributed by atoms with E-state index in [1.807, 2.05) is 0 Å². The highest BCUT2D eigenvalue weighted by Gasteiger charge is 2.34. The third kappa shape index (κ3) is 2.78. The van der Waals surface area contributed by atoms with Crippen molar-refractivity contribution in [3.63, 3.8) is 0 Å². The molecule has 0 amide bonds. The SMILES string of the molecule is CC(O)c1ccc(-c2ccc(F)c(C(F)(F)F)c2)o1. The normalized spacial score (nSPS) is 13.6. The van der Waals surface area contributed by atoms with Crippen molar-refractivity contribution in [2.24, 2.45) is 0 Å². The Kier molecular flexibility index (Phi) is 3.36. The molecule has 2 aromatic rings. The summed E-state index contributed by atoms with van der Waals surface area (Å²) in [6.45, 7) is 1.47. The van der Waals surface area contributed by atoms with E-state index in [1.54, 1.807) is 0 Å². The summed E-state index contributed by atoms with van der Waals surface area (Å²) in [6.07, 6.45) is -5.63. The molecule has 2 rings (SSSR count). The summed E-state index contributed by atoms with van der Waals surface area (Å²) in [7, 11) is 0. The summed E-state index contributed by atoms with van der Waals surface area (Å²) in [4.78, 5) is 0. The van der Waals surface area contributed by atoms with Gasteiger partial charge in [0, 0.05) is 5.56 Å². The predicted octanol–water partition coefficient (Wildman–Crippen LogP) is 4.16. The van der Waals surface area contributed by atoms with Crippen molar-refractivity contribution < 1.29 is 27.1 Å². The van der Waals surface area contributed by atoms with Gasteiger partial charge in [0.2, 0.25) is 0 Å². The molecule has 0 spiro atoms. The van der Waals surface area contributed by atoms with Crippen molar-refractivity contribution in [3.8, 4) is 11.3 Å². The molecule has 0 aliphatic rings. The monoisotopic (exact) mass is 274 g/mol. The lowest BCUT2D eigenvalue weighted by molar-refractivity contribution is -0.139. The molecule has 1 unspecified atom stereocenters. The van der Waals surface area contributed by atoms with Gasteiger partial charge in [-0.2, -0.15) is 13.2 Å². The number of hydrogen-bond acceptors (Lipinski definition) is 2. The summed E-state index contributed by atoms with van der Waals surface area (Å²) in [5.41, 5.74) is -1.25. The van der Waals surface area contributed by atoms with Gasteiger partial charge in [-0.05, 0) is 37.3 Å². The topological polar surface area (TPSA) is 33.4 Å². The molecule has 0 bridgehead atoms. The molecule has 1 heterocycles. The quantitative estimate of drug-likeness (QED) is 0.834. The van der Waals surface area contributed by atoms with Crippen LogP contribution in [0, 0.1) is 5.82 Å². The average Bonchev–Trinajstić information content (AvgIpc) is 2.77. The van der Waals surface area contributed by atoms with Crippen LogP contribution in [0.15, 0.2) is 34.7 Å². The summed E-state index contributed by atoms with van der Waals surface area (Å²) in [5, 5.41) is 9.28. The van der Waals surface area contributed by atoms with E-state index in [4.69, 9.17) is 4.42 Å². The molecule has 102 valence electrons. The van der Waals surface area contributed by atoms with E-state index in [1.165, 1.54) is 25.1 Å². The highest BCUT2D eigenvalue weighted by molar-refractivity contribution is 5.59. The van der Waals surface area contributed by atoms with E-state index in [0.717, 1.165) is 6.07 Å². The van der Waals surface area contributed by atoms with Gasteiger partial charge in [0.05, 0.1) is 5.56 Å². The van der Waals surface area contributed by atoms with E-state index >= 15 is 0 Å². The number of alkyl halides is 3. The number of furan rings is 1. The number of aliphatic hydroxyl groups is 1. The first-order valence-electron chi connectivity index (χ1n) is 5.44. The fraction of sp³-hybridized carbons (Fsp3) is 0.231. The smallest absolute Gasteiger partial charge is 0.419 e. The fourth-order valence-electron chi connectivity index (χ4n) is 1.63. The van der Waals surface area contributed by atoms with E-state index in [2.05, 4.69) is 0 Å². The van der Waals surface area contributed by atoms with Crippen LogP contribution in [0.5, 0.6) is 0 Å². The molecule has 1 atom stereocenters. The molecule has 0 saturated heterocycles. The maximum Gasteiger partial charge on any atom is 0.419 e. The van der Waals surface area contributed by atoms with Gasteiger partial charge in [0.25, 0.3) is 0 Å². The third-order valence-corrected chi connectivity index (χ3v) is 2.59. The first-order valence-corrected chi connectivity index (χ1v) is 5.44. The van der Waals surface area contributed by atoms with Gasteiger partial charge in [-0.3, -0.25) is 0 Å². The molecular formula is C13H10F4O2. The molecule has 0 fully saturated rings. The summed E-state index contributed by atoms with van der Waals surface area (Å²) in [6, 6.07) is 5.49. The standard InChI is InChI=1S/C13H10F4O2/c1-7(18)11-4-5-12(19-11)8-2-3-10(14)9(6-8)13(15,16)17/h2-7,18H,1H3. The van der Waals surface area contributed by atoms with Crippen LogP contribution in [0.25, 0.3) is 11.3 Å². The maximum absolute atomic E-state index is 13.1. The zero-order chi connectivity index (χ0) is 14.2. The van der Waals surface area contributed by atoms with Gasteiger partial charge in [-0.25, -0.2) is 4.39 Å². The zero-order valence-corrected chi connectivity index (χ0v) is 9.83. The van der Waals surface area contributed by atoms with Crippen LogP contribution < -0.4 is 0 Å². The average molecular weight is 274 g/mol.